The first-order valence-electron chi connectivity index (χ1n) is 17.4. The van der Waals surface area contributed by atoms with Crippen LogP contribution in [0.1, 0.15) is 72.9 Å². The molecule has 1 amide bonds. The van der Waals surface area contributed by atoms with Gasteiger partial charge in [0.1, 0.15) is 6.17 Å². The average Bonchev–Trinajstić information content (AvgIpc) is 3.19. The third-order valence-corrected chi connectivity index (χ3v) is 7.62. The molecule has 1 unspecified atom stereocenters. The van der Waals surface area contributed by atoms with Crippen LogP contribution in [-0.4, -0.2) is 55.3 Å². The second-order valence-electron chi connectivity index (χ2n) is 11.3. The summed E-state index contributed by atoms with van der Waals surface area (Å²) in [7, 11) is 9.34. The van der Waals surface area contributed by atoms with Crippen LogP contribution in [0.3, 0.4) is 0 Å². The number of aryl methyl sites for hydroxylation is 1. The molecule has 0 fully saturated rings. The van der Waals surface area contributed by atoms with Crippen molar-refractivity contribution in [2.75, 3.05) is 54.7 Å². The van der Waals surface area contributed by atoms with Crippen molar-refractivity contribution >= 4 is 23.7 Å². The Labute approximate surface area is 313 Å². The van der Waals surface area contributed by atoms with E-state index in [1.807, 2.05) is 87.5 Å². The van der Waals surface area contributed by atoms with Gasteiger partial charge >= 0.3 is 0 Å². The normalized spacial score (nSPS) is 12.7. The Kier molecular flexibility index (Phi) is 16.5. The fourth-order valence-corrected chi connectivity index (χ4v) is 5.22. The van der Waals surface area contributed by atoms with Gasteiger partial charge in [-0.3, -0.25) is 4.79 Å². The molecule has 0 spiro atoms. The molecule has 0 aromatic heterocycles. The lowest BCUT2D eigenvalue weighted by Gasteiger charge is -2.28. The molecule has 1 aliphatic rings. The van der Waals surface area contributed by atoms with E-state index in [0.29, 0.717) is 51.6 Å². The molecule has 0 saturated carbocycles. The van der Waals surface area contributed by atoms with Crippen molar-refractivity contribution in [1.29, 1.82) is 0 Å². The lowest BCUT2D eigenvalue weighted by atomic mass is 10.0. The fraction of sp³-hybridized carbons (Fsp3) is 0.341. The van der Waals surface area contributed by atoms with Gasteiger partial charge in [-0.15, -0.1) is 5.48 Å². The molecule has 286 valence electrons. The first kappa shape index (κ1) is 41.7. The predicted molar refractivity (Wildman–Crippen MR) is 209 cm³/mol. The Balaban J connectivity index is 0.00000144. The zero-order valence-electron chi connectivity index (χ0n) is 32.6. The summed E-state index contributed by atoms with van der Waals surface area (Å²) in [6.45, 7) is 10.2. The molecule has 0 aliphatic carbocycles. The molecular formula is C41H53N3O9. The van der Waals surface area contributed by atoms with Crippen molar-refractivity contribution in [2.24, 2.45) is 0 Å². The topological polar surface area (TPSA) is 127 Å². The van der Waals surface area contributed by atoms with Crippen LogP contribution in [0.15, 0.2) is 60.7 Å². The number of hydroxylamine groups is 1. The lowest BCUT2D eigenvalue weighted by Crippen LogP contribution is -2.38. The molecule has 1 heterocycles. The number of anilines is 1. The largest absolute Gasteiger partial charge is 0.493 e. The predicted octanol–water partition coefficient (Wildman–Crippen LogP) is 8.43. The molecule has 0 saturated heterocycles. The maximum Gasteiger partial charge on any atom is 0.255 e. The highest BCUT2D eigenvalue weighted by Gasteiger charge is 2.25. The van der Waals surface area contributed by atoms with Crippen LogP contribution < -0.4 is 54.1 Å². The van der Waals surface area contributed by atoms with E-state index in [1.54, 1.807) is 48.7 Å². The van der Waals surface area contributed by atoms with Gasteiger partial charge in [-0.25, -0.2) is 0 Å². The summed E-state index contributed by atoms with van der Waals surface area (Å²) in [4.78, 5) is 18.6. The molecule has 1 atom stereocenters. The summed E-state index contributed by atoms with van der Waals surface area (Å²) < 4.78 is 39.0. The lowest BCUT2D eigenvalue weighted by molar-refractivity contribution is 0.0935. The van der Waals surface area contributed by atoms with Crippen molar-refractivity contribution < 1.29 is 42.8 Å². The summed E-state index contributed by atoms with van der Waals surface area (Å²) in [5, 5.41) is 6.35. The summed E-state index contributed by atoms with van der Waals surface area (Å²) in [5.74, 6) is 3.64. The highest BCUT2D eigenvalue weighted by atomic mass is 16.7. The Bertz CT molecular complexity index is 1780. The second kappa shape index (κ2) is 20.9. The van der Waals surface area contributed by atoms with Crippen LogP contribution in [0.25, 0.3) is 12.2 Å². The van der Waals surface area contributed by atoms with Gasteiger partial charge in [0.05, 0.1) is 48.2 Å². The number of ether oxygens (including phenoxy) is 7. The third-order valence-electron chi connectivity index (χ3n) is 7.62. The van der Waals surface area contributed by atoms with Gasteiger partial charge in [-0.2, -0.15) is 0 Å². The molecule has 1 aliphatic heterocycles. The summed E-state index contributed by atoms with van der Waals surface area (Å²) in [6.07, 6.45) is 4.62. The number of rotatable bonds is 14. The molecule has 53 heavy (non-hydrogen) atoms. The molecule has 12 nitrogen and oxygen atoms in total. The maximum atomic E-state index is 12.7. The summed E-state index contributed by atoms with van der Waals surface area (Å²) in [6, 6.07) is 18.5. The average molecular weight is 732 g/mol. The number of fused-ring (bicyclic) bond motifs is 1. The van der Waals surface area contributed by atoms with Crippen molar-refractivity contribution in [2.45, 2.75) is 47.2 Å². The van der Waals surface area contributed by atoms with Gasteiger partial charge in [-0.1, -0.05) is 64.0 Å². The highest BCUT2D eigenvalue weighted by molar-refractivity contribution is 6.02. The van der Waals surface area contributed by atoms with Gasteiger partial charge < -0.3 is 48.6 Å². The van der Waals surface area contributed by atoms with Gasteiger partial charge in [0, 0.05) is 5.69 Å². The zero-order valence-corrected chi connectivity index (χ0v) is 32.6. The minimum atomic E-state index is -0.434. The Morgan fingerprint density at radius 1 is 0.642 bits per heavy atom. The highest BCUT2D eigenvalue weighted by Crippen LogP contribution is 2.41. The molecule has 0 bridgehead atoms. The number of nitrogens with one attached hydrogen (secondary N) is 3. The number of amides is 1. The van der Waals surface area contributed by atoms with Crippen molar-refractivity contribution in [1.82, 2.24) is 10.8 Å². The Morgan fingerprint density at radius 3 is 1.68 bits per heavy atom. The van der Waals surface area contributed by atoms with E-state index < -0.39 is 6.17 Å². The molecule has 4 aromatic rings. The molecule has 4 aromatic carbocycles. The molecule has 5 rings (SSSR count). The minimum Gasteiger partial charge on any atom is -0.493 e. The van der Waals surface area contributed by atoms with E-state index in [0.717, 1.165) is 27.9 Å². The molecule has 12 heteroatoms. The van der Waals surface area contributed by atoms with E-state index in [1.165, 1.54) is 6.42 Å². The first-order chi connectivity index (χ1) is 25.7. The summed E-state index contributed by atoms with van der Waals surface area (Å²) in [5.41, 5.74) is 7.63. The monoisotopic (exact) mass is 731 g/mol. The number of methoxy groups -OCH3 is 6. The number of benzene rings is 4. The van der Waals surface area contributed by atoms with Crippen LogP contribution in [-0.2, 0) is 0 Å². The minimum absolute atomic E-state index is 0.0318. The van der Waals surface area contributed by atoms with Crippen LogP contribution in [0.4, 0.5) is 5.69 Å². The van der Waals surface area contributed by atoms with E-state index >= 15 is 0 Å². The number of carbonyl (C=O) groups excluding carboxylic acids is 1. The number of hydrogen-bond acceptors (Lipinski definition) is 11. The quantitative estimate of drug-likeness (QED) is 0.0501. The van der Waals surface area contributed by atoms with Gasteiger partial charge in [0.25, 0.3) is 5.91 Å². The maximum absolute atomic E-state index is 12.7. The SMILES string of the molecule is CC.CCC.COc1cc(C2NC(=O)c3cc(C)ccc3N2)ccc1OCNOc1c(OC)cc(/C=C\c2cc(OC)c(OC)c(OC)c2)cc1OC. The zero-order chi connectivity index (χ0) is 38.9. The van der Waals surface area contributed by atoms with Crippen molar-refractivity contribution in [3.8, 4) is 46.0 Å². The van der Waals surface area contributed by atoms with Crippen molar-refractivity contribution in [3.63, 3.8) is 0 Å². The Hall–Kier alpha value is -5.75. The first-order valence-corrected chi connectivity index (χ1v) is 17.4. The van der Waals surface area contributed by atoms with E-state index in [2.05, 4.69) is 30.0 Å². The van der Waals surface area contributed by atoms with Crippen LogP contribution in [0, 0.1) is 6.92 Å². The number of carbonyl (C=O) groups is 1. The summed E-state index contributed by atoms with van der Waals surface area (Å²) >= 11 is 0. The smallest absolute Gasteiger partial charge is 0.255 e. The van der Waals surface area contributed by atoms with Gasteiger partial charge in [0.15, 0.2) is 41.2 Å². The van der Waals surface area contributed by atoms with Crippen molar-refractivity contribution in [3.05, 3.63) is 88.5 Å². The van der Waals surface area contributed by atoms with Crippen LogP contribution >= 0.6 is 0 Å². The Morgan fingerprint density at radius 2 is 1.17 bits per heavy atom. The molecule has 3 N–H and O–H groups in total. The third kappa shape index (κ3) is 10.6. The van der Waals surface area contributed by atoms with Crippen LogP contribution in [0.2, 0.25) is 0 Å². The van der Waals surface area contributed by atoms with Gasteiger partial charge in [0.2, 0.25) is 11.5 Å². The molecular weight excluding hydrogens is 678 g/mol. The van der Waals surface area contributed by atoms with E-state index in [9.17, 15) is 4.79 Å². The molecule has 0 radical (unpaired) electrons. The van der Waals surface area contributed by atoms with E-state index in [-0.39, 0.29) is 12.6 Å². The fourth-order valence-electron chi connectivity index (χ4n) is 5.22. The van der Waals surface area contributed by atoms with Gasteiger partial charge in [-0.05, 0) is 72.1 Å². The second-order valence-corrected chi connectivity index (χ2v) is 11.3. The van der Waals surface area contributed by atoms with Crippen LogP contribution in [0.5, 0.6) is 46.0 Å². The number of hydrogen-bond donors (Lipinski definition) is 3. The standard InChI is InChI=1S/C36H39N3O9.C3H8.C2H6/c1-21-8-12-26-25(14-21)36(40)39-35(38-26)24-11-13-27(28(19-24)41-2)47-20-37-48-34-31(44-5)17-23(18-32(34)45-6)10-9-22-15-29(42-3)33(46-7)30(16-22)43-4;1-3-2;1-2/h8-19,35,37-38H,20H2,1-7H3,(H,39,40);3H2,1-2H3;1-2H3/b10-9-;;. The van der Waals surface area contributed by atoms with E-state index in [4.69, 9.17) is 38.0 Å².